The second-order valence-electron chi connectivity index (χ2n) is 4.77. The standard InChI is InChI=1S/C14H22FN3O/c1-10(2)9-18-14(16)17-7-6-11-4-5-12(15)13(8-11)19-3/h4-5,8,10H,6-7,9H2,1-3H3,(H3,16,17,18). The van der Waals surface area contributed by atoms with E-state index >= 15 is 0 Å². The fraction of sp³-hybridized carbons (Fsp3) is 0.500. The number of benzene rings is 1. The van der Waals surface area contributed by atoms with Crippen molar-refractivity contribution in [2.24, 2.45) is 16.6 Å². The van der Waals surface area contributed by atoms with Crippen LogP contribution in [0.2, 0.25) is 0 Å². The number of halogens is 1. The van der Waals surface area contributed by atoms with Crippen LogP contribution < -0.4 is 15.8 Å². The second-order valence-corrected chi connectivity index (χ2v) is 4.77. The lowest BCUT2D eigenvalue weighted by Crippen LogP contribution is -2.33. The van der Waals surface area contributed by atoms with Crippen LogP contribution in [-0.4, -0.2) is 26.2 Å². The van der Waals surface area contributed by atoms with Gasteiger partial charge in [-0.1, -0.05) is 19.9 Å². The van der Waals surface area contributed by atoms with E-state index in [1.807, 2.05) is 0 Å². The molecule has 0 fully saturated rings. The van der Waals surface area contributed by atoms with Gasteiger partial charge in [-0.3, -0.25) is 4.99 Å². The molecule has 1 aromatic rings. The summed E-state index contributed by atoms with van der Waals surface area (Å²) in [5, 5.41) is 3.03. The summed E-state index contributed by atoms with van der Waals surface area (Å²) in [7, 11) is 1.46. The highest BCUT2D eigenvalue weighted by Crippen LogP contribution is 2.18. The van der Waals surface area contributed by atoms with E-state index in [0.29, 0.717) is 25.0 Å². The van der Waals surface area contributed by atoms with E-state index in [0.717, 1.165) is 12.0 Å². The molecule has 0 spiro atoms. The summed E-state index contributed by atoms with van der Waals surface area (Å²) >= 11 is 0. The Labute approximate surface area is 113 Å². The third-order valence-electron chi connectivity index (χ3n) is 2.56. The molecule has 0 radical (unpaired) electrons. The molecule has 19 heavy (non-hydrogen) atoms. The summed E-state index contributed by atoms with van der Waals surface area (Å²) in [5.41, 5.74) is 6.71. The smallest absolute Gasteiger partial charge is 0.188 e. The molecule has 0 aliphatic heterocycles. The van der Waals surface area contributed by atoms with E-state index in [9.17, 15) is 4.39 Å². The van der Waals surface area contributed by atoms with Gasteiger partial charge in [0.1, 0.15) is 0 Å². The monoisotopic (exact) mass is 267 g/mol. The summed E-state index contributed by atoms with van der Waals surface area (Å²) in [5.74, 6) is 0.848. The lowest BCUT2D eigenvalue weighted by molar-refractivity contribution is 0.386. The van der Waals surface area contributed by atoms with E-state index in [4.69, 9.17) is 10.5 Å². The first-order valence-electron chi connectivity index (χ1n) is 6.39. The highest BCUT2D eigenvalue weighted by Gasteiger charge is 2.03. The maximum absolute atomic E-state index is 13.2. The molecule has 0 saturated heterocycles. The number of hydrogen-bond acceptors (Lipinski definition) is 2. The highest BCUT2D eigenvalue weighted by atomic mass is 19.1. The van der Waals surface area contributed by atoms with Crippen LogP contribution in [-0.2, 0) is 6.42 Å². The second kappa shape index (κ2) is 7.61. The first-order chi connectivity index (χ1) is 9.02. The van der Waals surface area contributed by atoms with Crippen molar-refractivity contribution in [1.29, 1.82) is 0 Å². The molecule has 1 aromatic carbocycles. The predicted molar refractivity (Wildman–Crippen MR) is 76.0 cm³/mol. The summed E-state index contributed by atoms with van der Waals surface area (Å²) in [6.07, 6.45) is 0.731. The van der Waals surface area contributed by atoms with E-state index in [1.165, 1.54) is 13.2 Å². The fourth-order valence-corrected chi connectivity index (χ4v) is 1.53. The Bertz CT molecular complexity index is 433. The first-order valence-corrected chi connectivity index (χ1v) is 6.39. The zero-order valence-electron chi connectivity index (χ0n) is 11.7. The van der Waals surface area contributed by atoms with Crippen molar-refractivity contribution < 1.29 is 9.13 Å². The maximum atomic E-state index is 13.2. The Kier molecular flexibility index (Phi) is 6.12. The van der Waals surface area contributed by atoms with Crippen molar-refractivity contribution in [1.82, 2.24) is 5.32 Å². The maximum Gasteiger partial charge on any atom is 0.188 e. The number of hydrogen-bond donors (Lipinski definition) is 2. The minimum absolute atomic E-state index is 0.263. The topological polar surface area (TPSA) is 59.6 Å². The van der Waals surface area contributed by atoms with Crippen molar-refractivity contribution in [2.45, 2.75) is 20.3 Å². The SMILES string of the molecule is COc1cc(CCNC(N)=NCC(C)C)ccc1F. The molecule has 0 amide bonds. The van der Waals surface area contributed by atoms with E-state index in [-0.39, 0.29) is 11.6 Å². The number of aliphatic imine (C=N–C) groups is 1. The minimum atomic E-state index is -0.350. The van der Waals surface area contributed by atoms with Gasteiger partial charge in [-0.2, -0.15) is 0 Å². The molecule has 0 saturated carbocycles. The van der Waals surface area contributed by atoms with Gasteiger partial charge in [0.15, 0.2) is 17.5 Å². The van der Waals surface area contributed by atoms with Gasteiger partial charge >= 0.3 is 0 Å². The molecule has 0 unspecified atom stereocenters. The zero-order valence-corrected chi connectivity index (χ0v) is 11.7. The van der Waals surface area contributed by atoms with Gasteiger partial charge in [-0.15, -0.1) is 0 Å². The van der Waals surface area contributed by atoms with Crippen LogP contribution in [0.3, 0.4) is 0 Å². The predicted octanol–water partition coefficient (Wildman–Crippen LogP) is 1.94. The summed E-state index contributed by atoms with van der Waals surface area (Å²) < 4.78 is 18.2. The van der Waals surface area contributed by atoms with Gasteiger partial charge in [0.05, 0.1) is 7.11 Å². The van der Waals surface area contributed by atoms with Gasteiger partial charge < -0.3 is 15.8 Å². The average molecular weight is 267 g/mol. The van der Waals surface area contributed by atoms with Crippen molar-refractivity contribution >= 4 is 5.96 Å². The molecule has 3 N–H and O–H groups in total. The quantitative estimate of drug-likeness (QED) is 0.611. The van der Waals surface area contributed by atoms with Crippen molar-refractivity contribution in [3.8, 4) is 5.75 Å². The molecule has 1 rings (SSSR count). The molecule has 0 aromatic heterocycles. The Balaban J connectivity index is 2.43. The van der Waals surface area contributed by atoms with E-state index in [2.05, 4.69) is 24.2 Å². The lowest BCUT2D eigenvalue weighted by atomic mass is 10.1. The molecular formula is C14H22FN3O. The highest BCUT2D eigenvalue weighted by molar-refractivity contribution is 5.77. The van der Waals surface area contributed by atoms with Gasteiger partial charge in [0.2, 0.25) is 0 Å². The third-order valence-corrected chi connectivity index (χ3v) is 2.56. The van der Waals surface area contributed by atoms with Crippen LogP contribution >= 0.6 is 0 Å². The largest absolute Gasteiger partial charge is 0.494 e. The number of ether oxygens (including phenoxy) is 1. The van der Waals surface area contributed by atoms with Gasteiger partial charge in [-0.05, 0) is 30.0 Å². The van der Waals surface area contributed by atoms with Crippen LogP contribution in [0.1, 0.15) is 19.4 Å². The van der Waals surface area contributed by atoms with Crippen LogP contribution in [0.15, 0.2) is 23.2 Å². The number of nitrogens with zero attached hydrogens (tertiary/aromatic N) is 1. The van der Waals surface area contributed by atoms with Crippen molar-refractivity contribution in [3.63, 3.8) is 0 Å². The Hall–Kier alpha value is -1.78. The molecule has 0 aliphatic rings. The number of nitrogens with two attached hydrogens (primary N) is 1. The van der Waals surface area contributed by atoms with Crippen molar-refractivity contribution in [2.75, 3.05) is 20.2 Å². The molecule has 0 aliphatic carbocycles. The minimum Gasteiger partial charge on any atom is -0.494 e. The van der Waals surface area contributed by atoms with Gasteiger partial charge in [-0.25, -0.2) is 4.39 Å². The third kappa shape index (κ3) is 5.59. The Morgan fingerprint density at radius 2 is 2.21 bits per heavy atom. The summed E-state index contributed by atoms with van der Waals surface area (Å²) in [6, 6.07) is 4.84. The van der Waals surface area contributed by atoms with Gasteiger partial charge in [0, 0.05) is 13.1 Å². The number of nitrogens with one attached hydrogen (secondary N) is 1. The lowest BCUT2D eigenvalue weighted by Gasteiger charge is -2.08. The number of guanidine groups is 1. The Morgan fingerprint density at radius 3 is 2.84 bits per heavy atom. The normalized spacial score (nSPS) is 11.7. The molecule has 0 bridgehead atoms. The first kappa shape index (κ1) is 15.3. The van der Waals surface area contributed by atoms with Crippen LogP contribution in [0, 0.1) is 11.7 Å². The molecule has 106 valence electrons. The molecule has 0 atom stereocenters. The van der Waals surface area contributed by atoms with Crippen LogP contribution in [0.4, 0.5) is 4.39 Å². The molecule has 5 heteroatoms. The van der Waals surface area contributed by atoms with E-state index in [1.54, 1.807) is 12.1 Å². The van der Waals surface area contributed by atoms with Crippen LogP contribution in [0.5, 0.6) is 5.75 Å². The zero-order chi connectivity index (χ0) is 14.3. The average Bonchev–Trinajstić information content (AvgIpc) is 2.38. The van der Waals surface area contributed by atoms with E-state index < -0.39 is 0 Å². The van der Waals surface area contributed by atoms with Crippen molar-refractivity contribution in [3.05, 3.63) is 29.6 Å². The molecule has 4 nitrogen and oxygen atoms in total. The fourth-order valence-electron chi connectivity index (χ4n) is 1.53. The Morgan fingerprint density at radius 1 is 1.47 bits per heavy atom. The summed E-state index contributed by atoms with van der Waals surface area (Å²) in [6.45, 7) is 5.54. The molecular weight excluding hydrogens is 245 g/mol. The number of methoxy groups -OCH3 is 1. The van der Waals surface area contributed by atoms with Crippen LogP contribution in [0.25, 0.3) is 0 Å². The summed E-state index contributed by atoms with van der Waals surface area (Å²) in [4.78, 5) is 4.20. The molecule has 0 heterocycles. The van der Waals surface area contributed by atoms with Gasteiger partial charge in [0.25, 0.3) is 0 Å². The number of rotatable bonds is 6.